The number of rotatable bonds is 5. The second-order valence-electron chi connectivity index (χ2n) is 4.00. The fourth-order valence-electron chi connectivity index (χ4n) is 2.20. The van der Waals surface area contributed by atoms with Crippen molar-refractivity contribution in [3.8, 4) is 0 Å². The Morgan fingerprint density at radius 1 is 1.46 bits per heavy atom. The van der Waals surface area contributed by atoms with Crippen molar-refractivity contribution in [1.29, 1.82) is 0 Å². The second-order valence-corrected chi connectivity index (χ2v) is 4.00. The zero-order valence-corrected chi connectivity index (χ0v) is 9.18. The van der Waals surface area contributed by atoms with Gasteiger partial charge in [0, 0.05) is 18.6 Å². The van der Waals surface area contributed by atoms with Crippen LogP contribution in [0.3, 0.4) is 0 Å². The molecule has 0 aliphatic carbocycles. The van der Waals surface area contributed by atoms with Crippen LogP contribution in [0.1, 0.15) is 40.0 Å². The maximum Gasteiger partial charge on any atom is 0.0590 e. The zero-order chi connectivity index (χ0) is 9.68. The van der Waals surface area contributed by atoms with Gasteiger partial charge in [0.25, 0.3) is 0 Å². The van der Waals surface area contributed by atoms with Gasteiger partial charge >= 0.3 is 0 Å². The van der Waals surface area contributed by atoms with Gasteiger partial charge in [-0.25, -0.2) is 0 Å². The molecule has 13 heavy (non-hydrogen) atoms. The van der Waals surface area contributed by atoms with Crippen LogP contribution in [0.2, 0.25) is 0 Å². The minimum absolute atomic E-state index is 0.453. The summed E-state index contributed by atoms with van der Waals surface area (Å²) >= 11 is 0. The van der Waals surface area contributed by atoms with E-state index in [1.807, 2.05) is 0 Å². The van der Waals surface area contributed by atoms with Crippen LogP contribution in [0, 0.1) is 5.92 Å². The van der Waals surface area contributed by atoms with Gasteiger partial charge in [0.05, 0.1) is 6.10 Å². The van der Waals surface area contributed by atoms with Gasteiger partial charge in [0.15, 0.2) is 0 Å². The maximum atomic E-state index is 5.59. The molecule has 0 aromatic carbocycles. The predicted molar refractivity (Wildman–Crippen MR) is 55.9 cm³/mol. The molecule has 1 aliphatic rings. The van der Waals surface area contributed by atoms with E-state index in [9.17, 15) is 0 Å². The summed E-state index contributed by atoms with van der Waals surface area (Å²) in [4.78, 5) is 0. The normalized spacial score (nSPS) is 30.7. The second kappa shape index (κ2) is 5.61. The van der Waals surface area contributed by atoms with Crippen molar-refractivity contribution in [3.05, 3.63) is 0 Å². The Bertz CT molecular complexity index is 138. The highest BCUT2D eigenvalue weighted by atomic mass is 16.5. The summed E-state index contributed by atoms with van der Waals surface area (Å²) in [5, 5.41) is 3.61. The van der Waals surface area contributed by atoms with Crippen LogP contribution in [-0.4, -0.2) is 25.3 Å². The average Bonchev–Trinajstić information content (AvgIpc) is 2.54. The molecule has 1 rings (SSSR count). The molecule has 1 heterocycles. The van der Waals surface area contributed by atoms with Gasteiger partial charge in [0.2, 0.25) is 0 Å². The summed E-state index contributed by atoms with van der Waals surface area (Å²) in [7, 11) is 0. The quantitative estimate of drug-likeness (QED) is 0.709. The lowest BCUT2D eigenvalue weighted by Crippen LogP contribution is -2.39. The highest BCUT2D eigenvalue weighted by molar-refractivity contribution is 4.83. The first kappa shape index (κ1) is 11.0. The van der Waals surface area contributed by atoms with Gasteiger partial charge in [-0.1, -0.05) is 13.8 Å². The van der Waals surface area contributed by atoms with Crippen LogP contribution in [-0.2, 0) is 4.74 Å². The molecule has 2 nitrogen and oxygen atoms in total. The van der Waals surface area contributed by atoms with Crippen molar-refractivity contribution in [1.82, 2.24) is 5.32 Å². The van der Waals surface area contributed by atoms with E-state index in [1.54, 1.807) is 0 Å². The third-order valence-corrected chi connectivity index (χ3v) is 3.05. The molecule has 0 aromatic heterocycles. The van der Waals surface area contributed by atoms with Crippen LogP contribution in [0.5, 0.6) is 0 Å². The first-order valence-corrected chi connectivity index (χ1v) is 5.64. The first-order valence-electron chi connectivity index (χ1n) is 5.64. The molecule has 1 fully saturated rings. The number of hydrogen-bond acceptors (Lipinski definition) is 2. The van der Waals surface area contributed by atoms with Gasteiger partial charge in [0.1, 0.15) is 0 Å². The monoisotopic (exact) mass is 185 g/mol. The lowest BCUT2D eigenvalue weighted by atomic mass is 9.91. The van der Waals surface area contributed by atoms with E-state index in [1.165, 1.54) is 19.3 Å². The molecular formula is C11H23NO. The van der Waals surface area contributed by atoms with E-state index < -0.39 is 0 Å². The smallest absolute Gasteiger partial charge is 0.0590 e. The summed E-state index contributed by atoms with van der Waals surface area (Å²) in [6.07, 6.45) is 4.13. The van der Waals surface area contributed by atoms with Crippen molar-refractivity contribution in [2.75, 3.05) is 13.2 Å². The largest absolute Gasteiger partial charge is 0.378 e. The highest BCUT2D eigenvalue weighted by Crippen LogP contribution is 2.25. The third kappa shape index (κ3) is 2.96. The summed E-state index contributed by atoms with van der Waals surface area (Å²) in [5.74, 6) is 0.733. The van der Waals surface area contributed by atoms with E-state index in [-0.39, 0.29) is 0 Å². The molecule has 0 spiro atoms. The van der Waals surface area contributed by atoms with Gasteiger partial charge in [-0.3, -0.25) is 0 Å². The van der Waals surface area contributed by atoms with Gasteiger partial charge in [-0.15, -0.1) is 0 Å². The van der Waals surface area contributed by atoms with Crippen LogP contribution >= 0.6 is 0 Å². The Morgan fingerprint density at radius 2 is 2.23 bits per heavy atom. The number of nitrogens with one attached hydrogen (secondary N) is 1. The van der Waals surface area contributed by atoms with Crippen LogP contribution in [0.15, 0.2) is 0 Å². The van der Waals surface area contributed by atoms with Gasteiger partial charge < -0.3 is 10.1 Å². The van der Waals surface area contributed by atoms with E-state index in [0.29, 0.717) is 12.1 Å². The number of hydrogen-bond donors (Lipinski definition) is 1. The minimum atomic E-state index is 0.453. The standard InChI is InChI=1S/C11H23NO/c1-4-7-12-11(5-2)10-6-8-13-9(10)3/h9-12H,4-8H2,1-3H3. The van der Waals surface area contributed by atoms with Crippen molar-refractivity contribution in [2.24, 2.45) is 5.92 Å². The van der Waals surface area contributed by atoms with E-state index >= 15 is 0 Å². The predicted octanol–water partition coefficient (Wildman–Crippen LogP) is 2.19. The van der Waals surface area contributed by atoms with Crippen LogP contribution < -0.4 is 5.32 Å². The molecule has 0 amide bonds. The molecule has 3 unspecified atom stereocenters. The molecule has 1 N–H and O–H groups in total. The van der Waals surface area contributed by atoms with Crippen molar-refractivity contribution in [3.63, 3.8) is 0 Å². The fourth-order valence-corrected chi connectivity index (χ4v) is 2.20. The van der Waals surface area contributed by atoms with Crippen molar-refractivity contribution in [2.45, 2.75) is 52.2 Å². The molecule has 0 radical (unpaired) electrons. The summed E-state index contributed by atoms with van der Waals surface area (Å²) in [6.45, 7) is 8.78. The lowest BCUT2D eigenvalue weighted by molar-refractivity contribution is 0.0949. The third-order valence-electron chi connectivity index (χ3n) is 3.05. The Labute approximate surface area is 82.0 Å². The number of ether oxygens (including phenoxy) is 1. The molecule has 2 heteroatoms. The van der Waals surface area contributed by atoms with Crippen LogP contribution in [0.4, 0.5) is 0 Å². The fraction of sp³-hybridized carbons (Fsp3) is 1.00. The molecule has 0 saturated carbocycles. The Kier molecular flexibility index (Phi) is 4.74. The highest BCUT2D eigenvalue weighted by Gasteiger charge is 2.30. The molecule has 3 atom stereocenters. The van der Waals surface area contributed by atoms with Gasteiger partial charge in [-0.05, 0) is 32.7 Å². The molecule has 78 valence electrons. The van der Waals surface area contributed by atoms with Crippen LogP contribution in [0.25, 0.3) is 0 Å². The molecular weight excluding hydrogens is 162 g/mol. The molecule has 0 bridgehead atoms. The average molecular weight is 185 g/mol. The minimum Gasteiger partial charge on any atom is -0.378 e. The molecule has 1 saturated heterocycles. The molecule has 1 aliphatic heterocycles. The van der Waals surface area contributed by atoms with Crippen molar-refractivity contribution < 1.29 is 4.74 Å². The Balaban J connectivity index is 2.35. The first-order chi connectivity index (χ1) is 6.29. The SMILES string of the molecule is CCCNC(CC)C1CCOC1C. The van der Waals surface area contributed by atoms with E-state index in [2.05, 4.69) is 26.1 Å². The zero-order valence-electron chi connectivity index (χ0n) is 9.18. The van der Waals surface area contributed by atoms with Crippen molar-refractivity contribution >= 4 is 0 Å². The summed E-state index contributed by atoms with van der Waals surface area (Å²) < 4.78 is 5.59. The molecule has 0 aromatic rings. The summed E-state index contributed by atoms with van der Waals surface area (Å²) in [5.41, 5.74) is 0. The van der Waals surface area contributed by atoms with E-state index in [0.717, 1.165) is 19.1 Å². The van der Waals surface area contributed by atoms with E-state index in [4.69, 9.17) is 4.74 Å². The van der Waals surface area contributed by atoms with Gasteiger partial charge in [-0.2, -0.15) is 0 Å². The summed E-state index contributed by atoms with van der Waals surface area (Å²) in [6, 6.07) is 0.664. The lowest BCUT2D eigenvalue weighted by Gasteiger charge is -2.25. The maximum absolute atomic E-state index is 5.59. The topological polar surface area (TPSA) is 21.3 Å². The Hall–Kier alpha value is -0.0800. The Morgan fingerprint density at radius 3 is 2.69 bits per heavy atom.